The van der Waals surface area contributed by atoms with E-state index in [1.807, 2.05) is 27.7 Å². The molecule has 0 aromatic carbocycles. The number of carbonyl (C=O) groups excluding carboxylic acids is 1. The van der Waals surface area contributed by atoms with Crippen LogP contribution < -0.4 is 5.32 Å². The highest BCUT2D eigenvalue weighted by atomic mass is 32.2. The lowest BCUT2D eigenvalue weighted by Gasteiger charge is -2.30. The van der Waals surface area contributed by atoms with Crippen molar-refractivity contribution in [3.63, 3.8) is 0 Å². The van der Waals surface area contributed by atoms with Crippen LogP contribution in [0.25, 0.3) is 0 Å². The molecule has 2 N–H and O–H groups in total. The standard InChI is InChI=1S/C12H21N3O2S/c1-5-17-10(16)12(4,15-9(2)3)8-18-11-13-6-7-14-11/h6-7,9,15H,5,8H2,1-4H3,(H,13,14). The Labute approximate surface area is 112 Å². The molecule has 0 radical (unpaired) electrons. The van der Waals surface area contributed by atoms with E-state index in [1.165, 1.54) is 11.8 Å². The van der Waals surface area contributed by atoms with Crippen molar-refractivity contribution in [2.24, 2.45) is 0 Å². The number of imidazole rings is 1. The first kappa shape index (κ1) is 15.0. The first-order valence-electron chi connectivity index (χ1n) is 6.05. The highest BCUT2D eigenvalue weighted by Crippen LogP contribution is 2.21. The van der Waals surface area contributed by atoms with Crippen molar-refractivity contribution in [3.8, 4) is 0 Å². The number of nitrogens with one attached hydrogen (secondary N) is 2. The normalized spacial score (nSPS) is 14.5. The Hall–Kier alpha value is -1.01. The lowest BCUT2D eigenvalue weighted by Crippen LogP contribution is -2.55. The van der Waals surface area contributed by atoms with E-state index in [0.717, 1.165) is 5.16 Å². The van der Waals surface area contributed by atoms with E-state index in [0.29, 0.717) is 12.4 Å². The van der Waals surface area contributed by atoms with Gasteiger partial charge in [-0.2, -0.15) is 0 Å². The quantitative estimate of drug-likeness (QED) is 0.585. The Bertz CT molecular complexity index is 367. The molecule has 1 rings (SSSR count). The van der Waals surface area contributed by atoms with Crippen LogP contribution in [0, 0.1) is 0 Å². The van der Waals surface area contributed by atoms with Crippen molar-refractivity contribution in [1.82, 2.24) is 15.3 Å². The van der Waals surface area contributed by atoms with E-state index < -0.39 is 5.54 Å². The molecule has 0 saturated heterocycles. The largest absolute Gasteiger partial charge is 0.465 e. The summed E-state index contributed by atoms with van der Waals surface area (Å²) in [5.41, 5.74) is -0.707. The molecule has 0 aliphatic heterocycles. The van der Waals surface area contributed by atoms with Crippen LogP contribution in [0.2, 0.25) is 0 Å². The van der Waals surface area contributed by atoms with Gasteiger partial charge in [0.05, 0.1) is 6.61 Å². The third-order valence-corrected chi connectivity index (χ3v) is 3.52. The summed E-state index contributed by atoms with van der Waals surface area (Å²) in [6, 6.07) is 0.205. The van der Waals surface area contributed by atoms with Gasteiger partial charge >= 0.3 is 5.97 Å². The maximum atomic E-state index is 12.0. The van der Waals surface area contributed by atoms with Crippen molar-refractivity contribution in [2.75, 3.05) is 12.4 Å². The fraction of sp³-hybridized carbons (Fsp3) is 0.667. The summed E-state index contributed by atoms with van der Waals surface area (Å²) in [7, 11) is 0. The zero-order valence-corrected chi connectivity index (χ0v) is 12.1. The summed E-state index contributed by atoms with van der Waals surface area (Å²) in [6.07, 6.45) is 3.46. The molecule has 0 aliphatic carbocycles. The van der Waals surface area contributed by atoms with Crippen LogP contribution in [0.5, 0.6) is 0 Å². The van der Waals surface area contributed by atoms with Gasteiger partial charge < -0.3 is 9.72 Å². The van der Waals surface area contributed by atoms with Crippen molar-refractivity contribution >= 4 is 17.7 Å². The van der Waals surface area contributed by atoms with Crippen molar-refractivity contribution in [1.29, 1.82) is 0 Å². The number of esters is 1. The summed E-state index contributed by atoms with van der Waals surface area (Å²) in [5.74, 6) is 0.343. The van der Waals surface area contributed by atoms with E-state index in [1.54, 1.807) is 12.4 Å². The number of aromatic nitrogens is 2. The number of hydrogen-bond acceptors (Lipinski definition) is 5. The maximum absolute atomic E-state index is 12.0. The SMILES string of the molecule is CCOC(=O)C(C)(CSc1ncc[nH]1)NC(C)C. The Morgan fingerprint density at radius 1 is 1.67 bits per heavy atom. The molecule has 0 aliphatic rings. The first-order valence-corrected chi connectivity index (χ1v) is 7.03. The molecule has 0 spiro atoms. The highest BCUT2D eigenvalue weighted by molar-refractivity contribution is 7.99. The van der Waals surface area contributed by atoms with E-state index in [-0.39, 0.29) is 12.0 Å². The second-order valence-corrected chi connectivity index (χ2v) is 5.50. The molecule has 1 unspecified atom stereocenters. The summed E-state index contributed by atoms with van der Waals surface area (Å²) in [4.78, 5) is 19.2. The van der Waals surface area contributed by atoms with Gasteiger partial charge in [0.25, 0.3) is 0 Å². The lowest BCUT2D eigenvalue weighted by molar-refractivity contribution is -0.149. The minimum atomic E-state index is -0.707. The van der Waals surface area contributed by atoms with Crippen molar-refractivity contribution in [3.05, 3.63) is 12.4 Å². The van der Waals surface area contributed by atoms with Gasteiger partial charge in [0.15, 0.2) is 5.16 Å². The number of carbonyl (C=O) groups is 1. The Kier molecular flexibility index (Phi) is 5.68. The highest BCUT2D eigenvalue weighted by Gasteiger charge is 2.35. The van der Waals surface area contributed by atoms with Crippen molar-refractivity contribution in [2.45, 2.75) is 44.4 Å². The molecule has 1 aromatic heterocycles. The third kappa shape index (κ3) is 4.34. The average Bonchev–Trinajstić information content (AvgIpc) is 2.78. The fourth-order valence-corrected chi connectivity index (χ4v) is 2.54. The maximum Gasteiger partial charge on any atom is 0.326 e. The smallest absolute Gasteiger partial charge is 0.326 e. The van der Waals surface area contributed by atoms with E-state index in [4.69, 9.17) is 4.74 Å². The van der Waals surface area contributed by atoms with E-state index >= 15 is 0 Å². The minimum absolute atomic E-state index is 0.205. The predicted molar refractivity (Wildman–Crippen MR) is 72.6 cm³/mol. The molecule has 1 aromatic rings. The van der Waals surface area contributed by atoms with Gasteiger partial charge in [-0.1, -0.05) is 11.8 Å². The van der Waals surface area contributed by atoms with Gasteiger partial charge in [-0.15, -0.1) is 0 Å². The number of aromatic amines is 1. The van der Waals surface area contributed by atoms with Gasteiger partial charge in [0, 0.05) is 24.2 Å². The van der Waals surface area contributed by atoms with Crippen LogP contribution in [-0.4, -0.2) is 39.9 Å². The summed E-state index contributed by atoms with van der Waals surface area (Å²) in [5, 5.41) is 4.07. The summed E-state index contributed by atoms with van der Waals surface area (Å²) in [6.45, 7) is 8.08. The van der Waals surface area contributed by atoms with E-state index in [9.17, 15) is 4.79 Å². The average molecular weight is 271 g/mol. The van der Waals surface area contributed by atoms with Crippen LogP contribution >= 0.6 is 11.8 Å². The van der Waals surface area contributed by atoms with Crippen LogP contribution in [0.3, 0.4) is 0 Å². The molecule has 102 valence electrons. The number of nitrogens with zero attached hydrogens (tertiary/aromatic N) is 1. The molecule has 1 heterocycles. The number of thioether (sulfide) groups is 1. The Morgan fingerprint density at radius 2 is 2.39 bits per heavy atom. The Morgan fingerprint density at radius 3 is 2.89 bits per heavy atom. The van der Waals surface area contributed by atoms with Gasteiger partial charge in [-0.05, 0) is 27.7 Å². The molecule has 0 bridgehead atoms. The molecular weight excluding hydrogens is 250 g/mol. The Balaban J connectivity index is 2.67. The zero-order valence-electron chi connectivity index (χ0n) is 11.3. The minimum Gasteiger partial charge on any atom is -0.465 e. The van der Waals surface area contributed by atoms with Crippen LogP contribution in [0.1, 0.15) is 27.7 Å². The number of ether oxygens (including phenoxy) is 1. The second-order valence-electron chi connectivity index (χ2n) is 4.53. The van der Waals surface area contributed by atoms with Gasteiger partial charge in [0.2, 0.25) is 0 Å². The predicted octanol–water partition coefficient (Wildman–Crippen LogP) is 1.82. The number of hydrogen-bond donors (Lipinski definition) is 2. The monoisotopic (exact) mass is 271 g/mol. The zero-order chi connectivity index (χ0) is 13.6. The van der Waals surface area contributed by atoms with Crippen LogP contribution in [0.15, 0.2) is 17.6 Å². The summed E-state index contributed by atoms with van der Waals surface area (Å²) < 4.78 is 5.13. The molecule has 5 nitrogen and oxygen atoms in total. The molecule has 6 heteroatoms. The molecule has 1 atom stereocenters. The second kappa shape index (κ2) is 6.80. The van der Waals surface area contributed by atoms with Gasteiger partial charge in [-0.3, -0.25) is 10.1 Å². The molecule has 18 heavy (non-hydrogen) atoms. The lowest BCUT2D eigenvalue weighted by atomic mass is 10.0. The molecule has 0 fully saturated rings. The van der Waals surface area contributed by atoms with E-state index in [2.05, 4.69) is 15.3 Å². The first-order chi connectivity index (χ1) is 8.48. The van der Waals surface area contributed by atoms with Crippen molar-refractivity contribution < 1.29 is 9.53 Å². The molecule has 0 saturated carbocycles. The number of H-pyrrole nitrogens is 1. The van der Waals surface area contributed by atoms with Crippen LogP contribution in [0.4, 0.5) is 0 Å². The number of rotatable bonds is 7. The topological polar surface area (TPSA) is 67.0 Å². The molecule has 0 amide bonds. The summed E-state index contributed by atoms with van der Waals surface area (Å²) >= 11 is 1.50. The van der Waals surface area contributed by atoms with Crippen LogP contribution in [-0.2, 0) is 9.53 Å². The third-order valence-electron chi connectivity index (χ3n) is 2.30. The van der Waals surface area contributed by atoms with Gasteiger partial charge in [0.1, 0.15) is 5.54 Å². The van der Waals surface area contributed by atoms with Gasteiger partial charge in [-0.25, -0.2) is 4.98 Å². The fourth-order valence-electron chi connectivity index (χ4n) is 1.63. The molecular formula is C12H21N3O2S.